The number of aryl methyl sites for hydroxylation is 1. The molecule has 11 heteroatoms. The molecule has 220 valence electrons. The number of halogens is 1. The number of imidazole rings is 1. The van der Waals surface area contributed by atoms with Gasteiger partial charge in [0.15, 0.2) is 18.1 Å². The van der Waals surface area contributed by atoms with Crippen LogP contribution in [0.4, 0.5) is 11.5 Å². The maximum absolute atomic E-state index is 12.8. The lowest BCUT2D eigenvalue weighted by molar-refractivity contribution is -0.134. The second kappa shape index (κ2) is 12.3. The van der Waals surface area contributed by atoms with Gasteiger partial charge in [-0.3, -0.25) is 9.20 Å². The van der Waals surface area contributed by atoms with Crippen molar-refractivity contribution in [1.82, 2.24) is 29.5 Å². The Balaban J connectivity index is 1.14. The minimum atomic E-state index is -0.0679. The number of anilines is 2. The Hall–Kier alpha value is -4.59. The van der Waals surface area contributed by atoms with E-state index in [0.717, 1.165) is 66.2 Å². The van der Waals surface area contributed by atoms with Crippen molar-refractivity contribution in [3.05, 3.63) is 77.7 Å². The summed E-state index contributed by atoms with van der Waals surface area (Å²) in [7, 11) is 0. The van der Waals surface area contributed by atoms with Gasteiger partial charge in [0.05, 0.1) is 23.0 Å². The number of aromatic nitrogens is 3. The van der Waals surface area contributed by atoms with Crippen molar-refractivity contribution in [1.29, 1.82) is 5.26 Å². The van der Waals surface area contributed by atoms with E-state index in [9.17, 15) is 4.79 Å². The van der Waals surface area contributed by atoms with Gasteiger partial charge in [0.2, 0.25) is 5.91 Å². The lowest BCUT2D eigenvalue weighted by Crippen LogP contribution is -2.52. The number of nitrogens with zero attached hydrogens (tertiary/aromatic N) is 6. The number of hydrogen-bond donors (Lipinski definition) is 2. The van der Waals surface area contributed by atoms with Crippen LogP contribution in [0, 0.1) is 18.3 Å². The van der Waals surface area contributed by atoms with Crippen LogP contribution in [0.1, 0.15) is 24.0 Å². The molecule has 2 aromatic carbocycles. The van der Waals surface area contributed by atoms with E-state index in [-0.39, 0.29) is 18.6 Å². The molecule has 0 saturated carbocycles. The second-order valence-corrected chi connectivity index (χ2v) is 11.2. The van der Waals surface area contributed by atoms with Crippen LogP contribution in [0.3, 0.4) is 0 Å². The van der Waals surface area contributed by atoms with Crippen molar-refractivity contribution >= 4 is 40.4 Å². The lowest BCUT2D eigenvalue weighted by Gasteiger charge is -2.38. The van der Waals surface area contributed by atoms with Crippen LogP contribution in [0.25, 0.3) is 22.6 Å². The fraction of sp³-hybridized carbons (Fsp3) is 0.312. The number of carbonyl (C=O) groups is 1. The quantitative estimate of drug-likeness (QED) is 0.296. The number of fused-ring (bicyclic) bond motifs is 1. The molecule has 10 nitrogen and oxygen atoms in total. The highest BCUT2D eigenvalue weighted by molar-refractivity contribution is 6.32. The van der Waals surface area contributed by atoms with Crippen molar-refractivity contribution in [2.45, 2.75) is 25.8 Å². The first-order valence-corrected chi connectivity index (χ1v) is 14.8. The van der Waals surface area contributed by atoms with E-state index in [1.807, 2.05) is 33.7 Å². The predicted octanol–water partition coefficient (Wildman–Crippen LogP) is 4.87. The third kappa shape index (κ3) is 5.87. The number of rotatable bonds is 8. The van der Waals surface area contributed by atoms with Gasteiger partial charge in [-0.1, -0.05) is 24.2 Å². The summed E-state index contributed by atoms with van der Waals surface area (Å²) < 4.78 is 7.32. The van der Waals surface area contributed by atoms with E-state index in [4.69, 9.17) is 21.6 Å². The Kier molecular flexibility index (Phi) is 8.18. The molecule has 1 unspecified atom stereocenters. The fourth-order valence-electron chi connectivity index (χ4n) is 5.79. The summed E-state index contributed by atoms with van der Waals surface area (Å²) in [5.41, 5.74) is 6.40. The molecule has 4 heterocycles. The van der Waals surface area contributed by atoms with Crippen LogP contribution in [-0.2, 0) is 4.79 Å². The molecule has 1 atom stereocenters. The Bertz CT molecular complexity index is 1710. The third-order valence-electron chi connectivity index (χ3n) is 8.08. The summed E-state index contributed by atoms with van der Waals surface area (Å²) in [5, 5.41) is 15.9. The summed E-state index contributed by atoms with van der Waals surface area (Å²) in [6.07, 6.45) is 7.35. The maximum atomic E-state index is 12.8. The third-order valence-corrected chi connectivity index (χ3v) is 8.37. The maximum Gasteiger partial charge on any atom is 0.239 e. The van der Waals surface area contributed by atoms with E-state index in [0.29, 0.717) is 35.3 Å². The molecule has 6 rings (SSSR count). The Morgan fingerprint density at radius 2 is 2.00 bits per heavy atom. The Morgan fingerprint density at radius 1 is 1.19 bits per heavy atom. The molecule has 4 aromatic rings. The average molecular weight is 597 g/mol. The van der Waals surface area contributed by atoms with Gasteiger partial charge in [0.1, 0.15) is 11.8 Å². The van der Waals surface area contributed by atoms with Gasteiger partial charge in [-0.2, -0.15) is 5.26 Å². The van der Waals surface area contributed by atoms with Crippen molar-refractivity contribution in [2.75, 3.05) is 44.6 Å². The summed E-state index contributed by atoms with van der Waals surface area (Å²) in [5.74, 6) is 1.31. The minimum absolute atomic E-state index is 0.0214. The van der Waals surface area contributed by atoms with Crippen LogP contribution < -0.4 is 15.4 Å². The SMILES string of the molecule is C=C(c1ccc(Nc2nccn3c(-c4ccc(OCC#N)c(Cl)c4)cnc23)cc1C)N1CCN(C(=O)C2CCCN2)CC1. The zero-order chi connectivity index (χ0) is 29.9. The molecule has 0 radical (unpaired) electrons. The van der Waals surface area contributed by atoms with Gasteiger partial charge in [-0.15, -0.1) is 0 Å². The van der Waals surface area contributed by atoms with Gasteiger partial charge in [0.25, 0.3) is 0 Å². The zero-order valence-corrected chi connectivity index (χ0v) is 24.8. The first-order valence-electron chi connectivity index (χ1n) is 14.4. The molecule has 2 aromatic heterocycles. The van der Waals surface area contributed by atoms with Crippen molar-refractivity contribution in [3.63, 3.8) is 0 Å². The van der Waals surface area contributed by atoms with Crippen LogP contribution in [0.15, 0.2) is 61.6 Å². The number of amides is 1. The van der Waals surface area contributed by atoms with Crippen molar-refractivity contribution in [2.24, 2.45) is 0 Å². The summed E-state index contributed by atoms with van der Waals surface area (Å²) in [6, 6.07) is 13.5. The number of nitrogens with one attached hydrogen (secondary N) is 2. The van der Waals surface area contributed by atoms with E-state index >= 15 is 0 Å². The highest BCUT2D eigenvalue weighted by Crippen LogP contribution is 2.32. The van der Waals surface area contributed by atoms with Gasteiger partial charge >= 0.3 is 0 Å². The van der Waals surface area contributed by atoms with Gasteiger partial charge in [-0.25, -0.2) is 9.97 Å². The molecule has 2 saturated heterocycles. The van der Waals surface area contributed by atoms with Gasteiger partial charge in [0, 0.05) is 61.1 Å². The van der Waals surface area contributed by atoms with E-state index in [1.165, 1.54) is 0 Å². The van der Waals surface area contributed by atoms with E-state index < -0.39 is 0 Å². The number of ether oxygens (including phenoxy) is 1. The molecule has 0 aliphatic carbocycles. The monoisotopic (exact) mass is 596 g/mol. The van der Waals surface area contributed by atoms with Crippen LogP contribution in [-0.4, -0.2) is 75.4 Å². The van der Waals surface area contributed by atoms with Gasteiger partial charge in [-0.05, 0) is 62.2 Å². The number of hydrogen-bond acceptors (Lipinski definition) is 8. The average Bonchev–Trinajstić information content (AvgIpc) is 3.72. The minimum Gasteiger partial charge on any atom is -0.477 e. The molecule has 2 fully saturated rings. The highest BCUT2D eigenvalue weighted by atomic mass is 35.5. The smallest absolute Gasteiger partial charge is 0.239 e. The molecular formula is C32H33ClN8O2. The Morgan fingerprint density at radius 3 is 2.72 bits per heavy atom. The lowest BCUT2D eigenvalue weighted by atomic mass is 10.0. The fourth-order valence-corrected chi connectivity index (χ4v) is 6.03. The largest absolute Gasteiger partial charge is 0.477 e. The molecule has 43 heavy (non-hydrogen) atoms. The topological polar surface area (TPSA) is 111 Å². The van der Waals surface area contributed by atoms with Crippen LogP contribution >= 0.6 is 11.6 Å². The van der Waals surface area contributed by atoms with Crippen molar-refractivity contribution in [3.8, 4) is 23.1 Å². The normalized spacial score (nSPS) is 16.7. The van der Waals surface area contributed by atoms with E-state index in [2.05, 4.69) is 51.1 Å². The summed E-state index contributed by atoms with van der Waals surface area (Å²) in [4.78, 5) is 26.2. The highest BCUT2D eigenvalue weighted by Gasteiger charge is 2.29. The summed E-state index contributed by atoms with van der Waals surface area (Å²) in [6.45, 7) is 10.3. The van der Waals surface area contributed by atoms with Crippen LogP contribution in [0.5, 0.6) is 5.75 Å². The molecule has 2 aliphatic rings. The molecule has 0 spiro atoms. The first-order chi connectivity index (χ1) is 20.9. The van der Waals surface area contributed by atoms with Crippen molar-refractivity contribution < 1.29 is 9.53 Å². The molecule has 2 aliphatic heterocycles. The Labute approximate surface area is 255 Å². The zero-order valence-electron chi connectivity index (χ0n) is 24.0. The number of nitriles is 1. The summed E-state index contributed by atoms with van der Waals surface area (Å²) >= 11 is 6.40. The standard InChI is InChI=1S/C32H33ClN8O2/c1-21-18-24(6-7-25(21)22(2)39-13-15-40(16-14-39)32(42)27-4-3-10-35-27)38-30-31-37-20-28(41(31)12-11-36-30)23-5-8-29(26(33)19-23)43-17-9-34/h5-8,11-12,18-20,27,35H,2-4,10,13-17H2,1H3,(H,36,38). The number of benzene rings is 2. The molecular weight excluding hydrogens is 564 g/mol. The second-order valence-electron chi connectivity index (χ2n) is 10.8. The number of piperazine rings is 1. The van der Waals surface area contributed by atoms with E-state index in [1.54, 1.807) is 24.5 Å². The molecule has 2 N–H and O–H groups in total. The predicted molar refractivity (Wildman–Crippen MR) is 167 cm³/mol. The van der Waals surface area contributed by atoms with Crippen LogP contribution in [0.2, 0.25) is 5.02 Å². The van der Waals surface area contributed by atoms with Gasteiger partial charge < -0.3 is 25.2 Å². The molecule has 0 bridgehead atoms. The number of carbonyl (C=O) groups excluding carboxylic acids is 1. The first kappa shape index (κ1) is 28.5. The molecule has 1 amide bonds.